The zero-order chi connectivity index (χ0) is 19.0. The Labute approximate surface area is 161 Å². The van der Waals surface area contributed by atoms with Crippen LogP contribution in [0.2, 0.25) is 0 Å². The molecule has 0 radical (unpaired) electrons. The fourth-order valence-corrected chi connectivity index (χ4v) is 5.88. The molecule has 1 atom stereocenters. The van der Waals surface area contributed by atoms with E-state index in [4.69, 9.17) is 0 Å². The van der Waals surface area contributed by atoms with Gasteiger partial charge in [0.25, 0.3) is 10.0 Å². The maximum atomic E-state index is 12.7. The first kappa shape index (κ1) is 18.7. The molecule has 27 heavy (non-hydrogen) atoms. The lowest BCUT2D eigenvalue weighted by Crippen LogP contribution is -2.49. The van der Waals surface area contributed by atoms with Crippen LogP contribution in [0.5, 0.6) is 0 Å². The standard InChI is InChI=1S/C20H29N3O3S/c1-14(23-11-3-2-4-12-23)27(25,26)22-20(24)21-19-17-9-5-7-15(17)13-16-8-6-10-18(16)19/h13-14H,2-12H2,1H3,(H2,21,22,24). The minimum atomic E-state index is -3.74. The number of benzene rings is 1. The van der Waals surface area contributed by atoms with Crippen LogP contribution in [0.4, 0.5) is 10.5 Å². The Morgan fingerprint density at radius 3 is 2.15 bits per heavy atom. The van der Waals surface area contributed by atoms with E-state index in [2.05, 4.69) is 16.1 Å². The second-order valence-corrected chi connectivity index (χ2v) is 10.0. The molecule has 2 N–H and O–H groups in total. The molecule has 7 heteroatoms. The molecule has 0 spiro atoms. The van der Waals surface area contributed by atoms with Gasteiger partial charge in [0.15, 0.2) is 0 Å². The number of aryl methyl sites for hydroxylation is 2. The molecule has 1 fully saturated rings. The number of carbonyl (C=O) groups excluding carboxylic acids is 1. The van der Waals surface area contributed by atoms with Crippen molar-refractivity contribution in [3.05, 3.63) is 28.3 Å². The van der Waals surface area contributed by atoms with Crippen LogP contribution >= 0.6 is 0 Å². The smallest absolute Gasteiger partial charge is 0.307 e. The maximum Gasteiger partial charge on any atom is 0.332 e. The molecule has 2 amide bonds. The Hall–Kier alpha value is -1.60. The lowest BCUT2D eigenvalue weighted by atomic mass is 9.99. The molecule has 1 unspecified atom stereocenters. The number of anilines is 1. The van der Waals surface area contributed by atoms with Gasteiger partial charge < -0.3 is 5.32 Å². The summed E-state index contributed by atoms with van der Waals surface area (Å²) in [5.41, 5.74) is 5.90. The molecular weight excluding hydrogens is 362 g/mol. The van der Waals surface area contributed by atoms with E-state index < -0.39 is 21.4 Å². The number of nitrogens with zero attached hydrogens (tertiary/aromatic N) is 1. The lowest BCUT2D eigenvalue weighted by Gasteiger charge is -2.31. The Balaban J connectivity index is 1.50. The number of likely N-dealkylation sites (tertiary alicyclic amines) is 1. The molecule has 1 heterocycles. The van der Waals surface area contributed by atoms with Gasteiger partial charge in [-0.05, 0) is 93.6 Å². The number of urea groups is 1. The van der Waals surface area contributed by atoms with Crippen LogP contribution in [0.1, 0.15) is 61.3 Å². The van der Waals surface area contributed by atoms with Crippen molar-refractivity contribution in [2.24, 2.45) is 0 Å². The Morgan fingerprint density at radius 1 is 0.963 bits per heavy atom. The highest BCUT2D eigenvalue weighted by Crippen LogP contribution is 2.38. The number of piperidine rings is 1. The van der Waals surface area contributed by atoms with Gasteiger partial charge in [-0.2, -0.15) is 0 Å². The maximum absolute atomic E-state index is 12.7. The Bertz CT molecular complexity index is 812. The zero-order valence-electron chi connectivity index (χ0n) is 16.0. The number of sulfonamides is 1. The molecule has 1 aromatic rings. The minimum Gasteiger partial charge on any atom is -0.307 e. The van der Waals surface area contributed by atoms with Crippen LogP contribution < -0.4 is 10.0 Å². The van der Waals surface area contributed by atoms with Gasteiger partial charge >= 0.3 is 6.03 Å². The number of fused-ring (bicyclic) bond motifs is 2. The van der Waals surface area contributed by atoms with E-state index in [0.29, 0.717) is 0 Å². The van der Waals surface area contributed by atoms with Crippen molar-refractivity contribution in [2.45, 2.75) is 70.1 Å². The summed E-state index contributed by atoms with van der Waals surface area (Å²) in [7, 11) is -3.74. The van der Waals surface area contributed by atoms with E-state index in [0.717, 1.165) is 76.6 Å². The highest BCUT2D eigenvalue weighted by Gasteiger charge is 2.31. The molecule has 1 saturated heterocycles. The summed E-state index contributed by atoms with van der Waals surface area (Å²) in [6, 6.07) is 1.66. The van der Waals surface area contributed by atoms with Gasteiger partial charge in [-0.15, -0.1) is 0 Å². The average molecular weight is 392 g/mol. The summed E-state index contributed by atoms with van der Waals surface area (Å²) in [6.07, 6.45) is 9.35. The van der Waals surface area contributed by atoms with Gasteiger partial charge in [-0.25, -0.2) is 17.9 Å². The lowest BCUT2D eigenvalue weighted by molar-refractivity contribution is 0.214. The topological polar surface area (TPSA) is 78.5 Å². The van der Waals surface area contributed by atoms with Crippen molar-refractivity contribution >= 4 is 21.7 Å². The number of nitrogens with one attached hydrogen (secondary N) is 2. The van der Waals surface area contributed by atoms with Gasteiger partial charge in [0, 0.05) is 5.69 Å². The predicted octanol–water partition coefficient (Wildman–Crippen LogP) is 2.95. The van der Waals surface area contributed by atoms with Crippen molar-refractivity contribution in [3.8, 4) is 0 Å². The van der Waals surface area contributed by atoms with E-state index in [9.17, 15) is 13.2 Å². The summed E-state index contributed by atoms with van der Waals surface area (Å²) < 4.78 is 27.6. The molecule has 6 nitrogen and oxygen atoms in total. The van der Waals surface area contributed by atoms with Crippen LogP contribution in [0.3, 0.4) is 0 Å². The van der Waals surface area contributed by atoms with Crippen LogP contribution in [-0.2, 0) is 35.7 Å². The van der Waals surface area contributed by atoms with Crippen molar-refractivity contribution < 1.29 is 13.2 Å². The summed E-state index contributed by atoms with van der Waals surface area (Å²) in [4.78, 5) is 14.5. The van der Waals surface area contributed by atoms with Gasteiger partial charge in [-0.1, -0.05) is 12.5 Å². The third kappa shape index (κ3) is 3.72. The predicted molar refractivity (Wildman–Crippen MR) is 106 cm³/mol. The summed E-state index contributed by atoms with van der Waals surface area (Å²) >= 11 is 0. The second kappa shape index (κ2) is 7.43. The molecule has 1 aromatic carbocycles. The van der Waals surface area contributed by atoms with E-state index in [1.54, 1.807) is 6.92 Å². The third-order valence-corrected chi connectivity index (χ3v) is 7.97. The number of amides is 2. The Kier molecular flexibility index (Phi) is 5.16. The van der Waals surface area contributed by atoms with E-state index in [1.165, 1.54) is 22.3 Å². The number of carbonyl (C=O) groups is 1. The first-order valence-electron chi connectivity index (χ1n) is 10.2. The molecule has 3 aliphatic rings. The quantitative estimate of drug-likeness (QED) is 0.827. The zero-order valence-corrected chi connectivity index (χ0v) is 16.8. The number of rotatable bonds is 4. The fourth-order valence-electron chi connectivity index (χ4n) is 4.80. The van der Waals surface area contributed by atoms with Crippen LogP contribution in [0.15, 0.2) is 6.07 Å². The van der Waals surface area contributed by atoms with Crippen molar-refractivity contribution in [1.82, 2.24) is 9.62 Å². The molecule has 0 bridgehead atoms. The molecule has 148 valence electrons. The largest absolute Gasteiger partial charge is 0.332 e. The monoisotopic (exact) mass is 391 g/mol. The molecule has 0 saturated carbocycles. The molecule has 2 aliphatic carbocycles. The third-order valence-electron chi connectivity index (χ3n) is 6.30. The van der Waals surface area contributed by atoms with Crippen LogP contribution in [0.25, 0.3) is 0 Å². The summed E-state index contributed by atoms with van der Waals surface area (Å²) in [5, 5.41) is 2.21. The number of hydrogen-bond donors (Lipinski definition) is 2. The fraction of sp³-hybridized carbons (Fsp3) is 0.650. The van der Waals surface area contributed by atoms with Gasteiger partial charge in [0.05, 0.1) is 0 Å². The van der Waals surface area contributed by atoms with Gasteiger partial charge in [-0.3, -0.25) is 4.90 Å². The summed E-state index contributed by atoms with van der Waals surface area (Å²) in [6.45, 7) is 3.20. The highest BCUT2D eigenvalue weighted by molar-refractivity contribution is 7.90. The first-order valence-corrected chi connectivity index (χ1v) is 11.7. The van der Waals surface area contributed by atoms with Gasteiger partial charge in [0.2, 0.25) is 0 Å². The van der Waals surface area contributed by atoms with Crippen molar-refractivity contribution in [2.75, 3.05) is 18.4 Å². The first-order chi connectivity index (χ1) is 13.0. The highest BCUT2D eigenvalue weighted by atomic mass is 32.2. The van der Waals surface area contributed by atoms with Gasteiger partial charge in [0.1, 0.15) is 5.37 Å². The Morgan fingerprint density at radius 2 is 1.56 bits per heavy atom. The van der Waals surface area contributed by atoms with E-state index >= 15 is 0 Å². The normalized spacial score (nSPS) is 20.8. The molecular formula is C20H29N3O3S. The SMILES string of the molecule is CC(N1CCCCC1)S(=O)(=O)NC(=O)Nc1c2c(cc3c1CCC3)CCC2. The second-order valence-electron chi connectivity index (χ2n) is 8.03. The molecule has 0 aromatic heterocycles. The van der Waals surface area contributed by atoms with Crippen LogP contribution in [-0.4, -0.2) is 37.8 Å². The summed E-state index contributed by atoms with van der Waals surface area (Å²) in [5.74, 6) is 0. The van der Waals surface area contributed by atoms with Crippen molar-refractivity contribution in [1.29, 1.82) is 0 Å². The molecule has 4 rings (SSSR count). The van der Waals surface area contributed by atoms with Crippen molar-refractivity contribution in [3.63, 3.8) is 0 Å². The molecule has 1 aliphatic heterocycles. The number of hydrogen-bond acceptors (Lipinski definition) is 4. The van der Waals surface area contributed by atoms with E-state index in [1.807, 2.05) is 4.90 Å². The minimum absolute atomic E-state index is 0.631. The van der Waals surface area contributed by atoms with Crippen LogP contribution in [0, 0.1) is 0 Å². The average Bonchev–Trinajstić information content (AvgIpc) is 3.30. The van der Waals surface area contributed by atoms with E-state index in [-0.39, 0.29) is 0 Å².